The molecular formula is C22H20Cl2N2O3. The van der Waals surface area contributed by atoms with Gasteiger partial charge in [0.05, 0.1) is 29.6 Å². The number of aromatic hydroxyl groups is 1. The summed E-state index contributed by atoms with van der Waals surface area (Å²) in [5.74, 6) is 0.429. The lowest BCUT2D eigenvalue weighted by molar-refractivity contribution is -0.119. The highest BCUT2D eigenvalue weighted by atomic mass is 35.5. The Morgan fingerprint density at radius 2 is 1.86 bits per heavy atom. The third kappa shape index (κ3) is 5.86. The number of aromatic nitrogens is 1. The van der Waals surface area contributed by atoms with Crippen LogP contribution in [0.5, 0.6) is 11.5 Å². The topological polar surface area (TPSA) is 62.7 Å². The Morgan fingerprint density at radius 3 is 2.59 bits per heavy atom. The van der Waals surface area contributed by atoms with E-state index in [2.05, 4.69) is 4.98 Å². The zero-order valence-corrected chi connectivity index (χ0v) is 17.1. The zero-order chi connectivity index (χ0) is 20.6. The lowest BCUT2D eigenvalue weighted by Gasteiger charge is -2.23. The van der Waals surface area contributed by atoms with E-state index >= 15 is 0 Å². The maximum absolute atomic E-state index is 12.9. The summed E-state index contributed by atoms with van der Waals surface area (Å²) in [7, 11) is 0. The Labute approximate surface area is 179 Å². The summed E-state index contributed by atoms with van der Waals surface area (Å²) >= 11 is 12.0. The highest BCUT2D eigenvalue weighted by Gasteiger charge is 2.19. The highest BCUT2D eigenvalue weighted by Crippen LogP contribution is 2.29. The summed E-state index contributed by atoms with van der Waals surface area (Å²) in [6.45, 7) is 0.590. The molecule has 0 atom stereocenters. The van der Waals surface area contributed by atoms with Crippen LogP contribution in [-0.2, 0) is 11.3 Å². The summed E-state index contributed by atoms with van der Waals surface area (Å²) < 4.78 is 5.65. The normalized spacial score (nSPS) is 10.6. The molecular weight excluding hydrogens is 411 g/mol. The quantitative estimate of drug-likeness (QED) is 0.480. The van der Waals surface area contributed by atoms with E-state index in [9.17, 15) is 9.90 Å². The van der Waals surface area contributed by atoms with Crippen molar-refractivity contribution >= 4 is 34.8 Å². The number of para-hydroxylation sites is 2. The summed E-state index contributed by atoms with van der Waals surface area (Å²) in [4.78, 5) is 18.7. The van der Waals surface area contributed by atoms with Gasteiger partial charge in [-0.2, -0.15) is 0 Å². The van der Waals surface area contributed by atoms with Crippen molar-refractivity contribution in [3.63, 3.8) is 0 Å². The number of benzene rings is 2. The summed E-state index contributed by atoms with van der Waals surface area (Å²) in [6, 6.07) is 17.3. The molecule has 5 nitrogen and oxygen atoms in total. The Balaban J connectivity index is 1.64. The van der Waals surface area contributed by atoms with Crippen molar-refractivity contribution in [2.45, 2.75) is 19.4 Å². The minimum Gasteiger partial charge on any atom is -0.506 e. The van der Waals surface area contributed by atoms with Crippen LogP contribution in [0.1, 0.15) is 18.5 Å². The number of halogens is 2. The molecule has 0 bridgehead atoms. The van der Waals surface area contributed by atoms with Gasteiger partial charge in [-0.1, -0.05) is 41.4 Å². The van der Waals surface area contributed by atoms with Crippen LogP contribution >= 0.6 is 23.2 Å². The second-order valence-corrected chi connectivity index (χ2v) is 7.16. The second kappa shape index (κ2) is 10.1. The third-order valence-corrected chi connectivity index (χ3v) is 4.74. The second-order valence-electron chi connectivity index (χ2n) is 6.32. The van der Waals surface area contributed by atoms with Crippen LogP contribution in [0.4, 0.5) is 5.69 Å². The molecule has 0 aliphatic carbocycles. The SMILES string of the molecule is O=C(CCCOc1ccc(Cl)cc1Cl)N(Cc1ccccn1)c1ccccc1O. The Hall–Kier alpha value is -2.76. The molecule has 1 N–H and O–H groups in total. The first-order valence-electron chi connectivity index (χ1n) is 9.10. The minimum atomic E-state index is -0.136. The fourth-order valence-electron chi connectivity index (χ4n) is 2.79. The molecule has 0 aliphatic rings. The first-order chi connectivity index (χ1) is 14.0. The number of hydrogen-bond acceptors (Lipinski definition) is 4. The molecule has 1 heterocycles. The molecule has 1 amide bonds. The van der Waals surface area contributed by atoms with Gasteiger partial charge in [-0.25, -0.2) is 0 Å². The maximum Gasteiger partial charge on any atom is 0.227 e. The number of carbonyl (C=O) groups is 1. The Morgan fingerprint density at radius 1 is 1.07 bits per heavy atom. The van der Waals surface area contributed by atoms with Crippen molar-refractivity contribution in [2.24, 2.45) is 0 Å². The number of ether oxygens (including phenoxy) is 1. The molecule has 3 aromatic rings. The number of rotatable bonds is 8. The Kier molecular flexibility index (Phi) is 7.33. The van der Waals surface area contributed by atoms with Crippen molar-refractivity contribution in [3.8, 4) is 11.5 Å². The average Bonchev–Trinajstić information content (AvgIpc) is 2.72. The van der Waals surface area contributed by atoms with Crippen LogP contribution in [0.3, 0.4) is 0 Å². The van der Waals surface area contributed by atoms with Crippen LogP contribution in [0.15, 0.2) is 66.9 Å². The van der Waals surface area contributed by atoms with Gasteiger partial charge in [0.15, 0.2) is 0 Å². The molecule has 0 unspecified atom stereocenters. The van der Waals surface area contributed by atoms with Crippen molar-refractivity contribution in [3.05, 3.63) is 82.6 Å². The number of phenolic OH excluding ortho intramolecular Hbond substituents is 1. The molecule has 29 heavy (non-hydrogen) atoms. The van der Waals surface area contributed by atoms with E-state index in [4.69, 9.17) is 27.9 Å². The molecule has 0 radical (unpaired) electrons. The lowest BCUT2D eigenvalue weighted by atomic mass is 10.2. The standard InChI is InChI=1S/C22H20Cl2N2O3/c23-16-10-11-21(18(24)14-16)29-13-5-9-22(28)26(15-17-6-3-4-12-25-17)19-7-1-2-8-20(19)27/h1-4,6-8,10-12,14,27H,5,9,13,15H2. The van der Waals surface area contributed by atoms with Crippen LogP contribution in [-0.4, -0.2) is 22.6 Å². The predicted octanol–water partition coefficient (Wildman–Crippen LogP) is 5.49. The van der Waals surface area contributed by atoms with E-state index < -0.39 is 0 Å². The molecule has 7 heteroatoms. The van der Waals surface area contributed by atoms with Gasteiger partial charge in [0, 0.05) is 17.6 Å². The van der Waals surface area contributed by atoms with E-state index in [1.807, 2.05) is 18.2 Å². The molecule has 2 aromatic carbocycles. The summed E-state index contributed by atoms with van der Waals surface area (Å²) in [5, 5.41) is 11.2. The van der Waals surface area contributed by atoms with Crippen molar-refractivity contribution in [1.82, 2.24) is 4.98 Å². The average molecular weight is 431 g/mol. The van der Waals surface area contributed by atoms with Gasteiger partial charge in [-0.3, -0.25) is 9.78 Å². The van der Waals surface area contributed by atoms with E-state index in [0.29, 0.717) is 34.5 Å². The van der Waals surface area contributed by atoms with Gasteiger partial charge in [0.1, 0.15) is 11.5 Å². The molecule has 0 saturated heterocycles. The fraction of sp³-hybridized carbons (Fsp3) is 0.182. The predicted molar refractivity (Wildman–Crippen MR) is 115 cm³/mol. The monoisotopic (exact) mass is 430 g/mol. The summed E-state index contributed by atoms with van der Waals surface area (Å²) in [6.07, 6.45) is 2.41. The molecule has 3 rings (SSSR count). The van der Waals surface area contributed by atoms with E-state index in [0.717, 1.165) is 5.69 Å². The first-order valence-corrected chi connectivity index (χ1v) is 9.86. The number of anilines is 1. The molecule has 0 spiro atoms. The van der Waals surface area contributed by atoms with Crippen molar-refractivity contribution in [1.29, 1.82) is 0 Å². The molecule has 0 aliphatic heterocycles. The Bertz CT molecular complexity index is 967. The first kappa shape index (κ1) is 21.0. The van der Waals surface area contributed by atoms with E-state index in [1.165, 1.54) is 4.90 Å². The number of phenols is 1. The zero-order valence-electron chi connectivity index (χ0n) is 15.6. The van der Waals surface area contributed by atoms with Crippen molar-refractivity contribution in [2.75, 3.05) is 11.5 Å². The fourth-order valence-corrected chi connectivity index (χ4v) is 3.25. The van der Waals surface area contributed by atoms with Gasteiger partial charge < -0.3 is 14.7 Å². The number of pyridine rings is 1. The third-order valence-electron chi connectivity index (χ3n) is 4.21. The van der Waals surface area contributed by atoms with Crippen LogP contribution in [0, 0.1) is 0 Å². The lowest BCUT2D eigenvalue weighted by Crippen LogP contribution is -2.31. The van der Waals surface area contributed by atoms with Crippen LogP contribution < -0.4 is 9.64 Å². The number of hydrogen-bond donors (Lipinski definition) is 1. The van der Waals surface area contributed by atoms with Crippen LogP contribution in [0.25, 0.3) is 0 Å². The smallest absolute Gasteiger partial charge is 0.227 e. The van der Waals surface area contributed by atoms with Crippen LogP contribution in [0.2, 0.25) is 10.0 Å². The number of nitrogens with zero attached hydrogens (tertiary/aromatic N) is 2. The molecule has 0 saturated carbocycles. The summed E-state index contributed by atoms with van der Waals surface area (Å²) in [5.41, 5.74) is 1.18. The molecule has 0 fully saturated rings. The number of amides is 1. The number of carbonyl (C=O) groups excluding carboxylic acids is 1. The van der Waals surface area contributed by atoms with Gasteiger partial charge >= 0.3 is 0 Å². The van der Waals surface area contributed by atoms with E-state index in [-0.39, 0.29) is 24.6 Å². The minimum absolute atomic E-state index is 0.0426. The van der Waals surface area contributed by atoms with E-state index in [1.54, 1.807) is 48.7 Å². The molecule has 1 aromatic heterocycles. The van der Waals surface area contributed by atoms with Gasteiger partial charge in [-0.05, 0) is 48.9 Å². The van der Waals surface area contributed by atoms with Gasteiger partial charge in [0.25, 0.3) is 0 Å². The van der Waals surface area contributed by atoms with Gasteiger partial charge in [0.2, 0.25) is 5.91 Å². The largest absolute Gasteiger partial charge is 0.506 e. The highest BCUT2D eigenvalue weighted by molar-refractivity contribution is 6.35. The molecule has 150 valence electrons. The van der Waals surface area contributed by atoms with Gasteiger partial charge in [-0.15, -0.1) is 0 Å². The maximum atomic E-state index is 12.9. The van der Waals surface area contributed by atoms with Crippen molar-refractivity contribution < 1.29 is 14.6 Å².